The molecule has 0 bridgehead atoms. The van der Waals surface area contributed by atoms with Crippen LogP contribution in [-0.4, -0.2) is 140 Å². The summed E-state index contributed by atoms with van der Waals surface area (Å²) in [5.74, 6) is -0.234. The van der Waals surface area contributed by atoms with Gasteiger partial charge in [0.2, 0.25) is 5.91 Å². The van der Waals surface area contributed by atoms with Crippen molar-refractivity contribution >= 4 is 5.91 Å². The van der Waals surface area contributed by atoms with Crippen molar-refractivity contribution in [2.75, 3.05) is 19.8 Å². The third kappa shape index (κ3) is 48.0. The monoisotopic (exact) mass is 1340 g/mol. The van der Waals surface area contributed by atoms with Gasteiger partial charge in [-0.15, -0.1) is 0 Å². The van der Waals surface area contributed by atoms with Crippen molar-refractivity contribution in [3.63, 3.8) is 0 Å². The summed E-state index contributed by atoms with van der Waals surface area (Å²) in [7, 11) is 0. The number of carbonyl (C=O) groups is 1. The summed E-state index contributed by atoms with van der Waals surface area (Å²) in [6.07, 6.45) is 72.6. The normalized spacial score (nSPS) is 22.7. The van der Waals surface area contributed by atoms with Crippen LogP contribution in [0.5, 0.6) is 0 Å². The molecule has 0 saturated carbocycles. The van der Waals surface area contributed by atoms with Crippen LogP contribution < -0.4 is 5.32 Å². The van der Waals surface area contributed by atoms with Gasteiger partial charge in [-0.05, 0) is 64.2 Å². The minimum atomic E-state index is -1.79. The van der Waals surface area contributed by atoms with Crippen LogP contribution in [0.15, 0.2) is 72.9 Å². The number of ether oxygens (including phenoxy) is 4. The van der Waals surface area contributed by atoms with Crippen LogP contribution in [0.3, 0.4) is 0 Å². The number of aliphatic hydroxyl groups is 8. The number of rotatable bonds is 66. The molecule has 0 aromatic heterocycles. The van der Waals surface area contributed by atoms with Crippen LogP contribution in [0.25, 0.3) is 0 Å². The van der Waals surface area contributed by atoms with Crippen LogP contribution in [0.2, 0.25) is 0 Å². The van der Waals surface area contributed by atoms with E-state index in [1.54, 1.807) is 6.08 Å². The Morgan fingerprint density at radius 3 is 1.12 bits per heavy atom. The molecule has 2 heterocycles. The Balaban J connectivity index is 1.60. The maximum atomic E-state index is 13.4. The second-order valence-corrected chi connectivity index (χ2v) is 27.8. The van der Waals surface area contributed by atoms with Crippen molar-refractivity contribution in [1.82, 2.24) is 5.32 Å². The second-order valence-electron chi connectivity index (χ2n) is 27.8. The Hall–Kier alpha value is -2.57. The van der Waals surface area contributed by atoms with E-state index in [2.05, 4.69) is 79.9 Å². The van der Waals surface area contributed by atoms with E-state index < -0.39 is 86.8 Å². The first-order valence-electron chi connectivity index (χ1n) is 39.7. The Morgan fingerprint density at radius 1 is 0.389 bits per heavy atom. The standard InChI is InChI=1S/C81H147NO13/c1-3-5-7-9-11-13-15-17-19-21-23-25-27-29-30-31-32-33-34-35-36-37-38-39-40-41-43-45-47-49-51-53-55-57-59-61-63-65-73(86)82-69(68-92-80-78(91)76(89)79(72(67-84)94-80)95-81-77(90)75(88)74(87)71(66-83)93-81)70(85)64-62-60-58-56-54-52-50-48-46-44-42-28-26-24-22-20-18-16-14-12-10-8-6-4-2/h5,7,11,13,17,19,23,25,29-30,62,64,69-72,74-81,83-85,87-91H,3-4,6,8-10,12,14-16,18,20-22,24,26-28,31-61,63,65-68H2,1-2H3,(H,82,86)/b7-5-,13-11-,19-17-,25-23-,30-29-,64-62+. The molecule has 2 saturated heterocycles. The topological polar surface area (TPSA) is 228 Å². The van der Waals surface area contributed by atoms with E-state index in [0.29, 0.717) is 6.42 Å². The van der Waals surface area contributed by atoms with Gasteiger partial charge in [0.15, 0.2) is 12.6 Å². The smallest absolute Gasteiger partial charge is 0.220 e. The number of hydrogen-bond acceptors (Lipinski definition) is 13. The molecule has 0 radical (unpaired) electrons. The molecular weight excluding hydrogens is 1190 g/mol. The summed E-state index contributed by atoms with van der Waals surface area (Å²) in [4.78, 5) is 13.4. The van der Waals surface area contributed by atoms with Crippen molar-refractivity contribution in [3.05, 3.63) is 72.9 Å². The van der Waals surface area contributed by atoms with Gasteiger partial charge in [0.1, 0.15) is 48.8 Å². The highest BCUT2D eigenvalue weighted by Gasteiger charge is 2.51. The van der Waals surface area contributed by atoms with Crippen LogP contribution in [0.1, 0.15) is 341 Å². The van der Waals surface area contributed by atoms with E-state index in [1.807, 2.05) is 6.08 Å². The molecule has 554 valence electrons. The quantitative estimate of drug-likeness (QED) is 0.0204. The third-order valence-electron chi connectivity index (χ3n) is 19.1. The molecule has 9 N–H and O–H groups in total. The van der Waals surface area contributed by atoms with E-state index in [9.17, 15) is 45.6 Å². The minimum absolute atomic E-state index is 0.234. The zero-order valence-electron chi connectivity index (χ0n) is 60.7. The SMILES string of the molecule is CC/C=C\C/C=C\C/C=C\C/C=C\C/C=C\CCCCCCCCCCCCCCCCCCCCCCCC(=O)NC(COC1OC(CO)C(OC2OC(CO)C(O)C(O)C2O)C(O)C1O)C(O)/C=C/CCCCCCCCCCCCCCCCCCCCCCCC. The summed E-state index contributed by atoms with van der Waals surface area (Å²) in [5.41, 5.74) is 0. The predicted molar refractivity (Wildman–Crippen MR) is 392 cm³/mol. The number of hydrogen-bond donors (Lipinski definition) is 9. The van der Waals surface area contributed by atoms with Crippen molar-refractivity contribution < 1.29 is 64.6 Å². The molecule has 14 nitrogen and oxygen atoms in total. The van der Waals surface area contributed by atoms with Gasteiger partial charge in [-0.1, -0.05) is 344 Å². The predicted octanol–water partition coefficient (Wildman–Crippen LogP) is 17.7. The Bertz CT molecular complexity index is 1870. The molecule has 2 fully saturated rings. The molecule has 2 aliphatic heterocycles. The number of allylic oxidation sites excluding steroid dienone is 11. The Morgan fingerprint density at radius 2 is 0.726 bits per heavy atom. The first-order valence-corrected chi connectivity index (χ1v) is 39.7. The highest BCUT2D eigenvalue weighted by atomic mass is 16.7. The highest BCUT2D eigenvalue weighted by Crippen LogP contribution is 2.30. The van der Waals surface area contributed by atoms with Crippen LogP contribution in [-0.2, 0) is 23.7 Å². The van der Waals surface area contributed by atoms with E-state index in [1.165, 1.54) is 244 Å². The zero-order chi connectivity index (χ0) is 68.7. The Kier molecular flexibility index (Phi) is 60.4. The lowest BCUT2D eigenvalue weighted by Crippen LogP contribution is -2.65. The summed E-state index contributed by atoms with van der Waals surface area (Å²) in [6, 6.07) is -0.917. The number of unbranched alkanes of at least 4 members (excludes halogenated alkanes) is 43. The van der Waals surface area contributed by atoms with Crippen molar-refractivity contribution in [3.8, 4) is 0 Å². The molecule has 0 aliphatic carbocycles. The van der Waals surface area contributed by atoms with Crippen molar-refractivity contribution in [1.29, 1.82) is 0 Å². The lowest BCUT2D eigenvalue weighted by Gasteiger charge is -2.46. The van der Waals surface area contributed by atoms with E-state index in [0.717, 1.165) is 70.6 Å². The summed E-state index contributed by atoms with van der Waals surface area (Å²) >= 11 is 0. The fourth-order valence-corrected chi connectivity index (χ4v) is 12.9. The van der Waals surface area contributed by atoms with Gasteiger partial charge in [-0.3, -0.25) is 4.79 Å². The molecule has 2 aliphatic rings. The molecule has 0 aromatic rings. The molecule has 12 atom stereocenters. The number of carbonyl (C=O) groups excluding carboxylic acids is 1. The number of aliphatic hydroxyl groups excluding tert-OH is 8. The van der Waals surface area contributed by atoms with E-state index >= 15 is 0 Å². The average Bonchev–Trinajstić information content (AvgIpc) is 0.927. The van der Waals surface area contributed by atoms with E-state index in [-0.39, 0.29) is 18.9 Å². The molecule has 12 unspecified atom stereocenters. The van der Waals surface area contributed by atoms with Gasteiger partial charge in [0, 0.05) is 6.42 Å². The van der Waals surface area contributed by atoms with E-state index in [4.69, 9.17) is 18.9 Å². The largest absolute Gasteiger partial charge is 0.394 e. The van der Waals surface area contributed by atoms with Gasteiger partial charge in [-0.2, -0.15) is 0 Å². The maximum absolute atomic E-state index is 13.4. The van der Waals surface area contributed by atoms with Crippen molar-refractivity contribution in [2.45, 2.75) is 415 Å². The van der Waals surface area contributed by atoms with Gasteiger partial charge >= 0.3 is 0 Å². The number of amides is 1. The summed E-state index contributed by atoms with van der Waals surface area (Å²) in [5, 5.41) is 87.7. The highest BCUT2D eigenvalue weighted by molar-refractivity contribution is 5.76. The zero-order valence-corrected chi connectivity index (χ0v) is 60.7. The van der Waals surface area contributed by atoms with Gasteiger partial charge < -0.3 is 65.1 Å². The Labute approximate surface area is 580 Å². The first kappa shape index (κ1) is 88.5. The van der Waals surface area contributed by atoms with Gasteiger partial charge in [-0.25, -0.2) is 0 Å². The van der Waals surface area contributed by atoms with Gasteiger partial charge in [0.25, 0.3) is 0 Å². The fourth-order valence-electron chi connectivity index (χ4n) is 12.9. The molecule has 14 heteroatoms. The van der Waals surface area contributed by atoms with Crippen LogP contribution in [0, 0.1) is 0 Å². The molecular formula is C81H147NO13. The lowest BCUT2D eigenvalue weighted by atomic mass is 9.97. The molecule has 95 heavy (non-hydrogen) atoms. The second kappa shape index (κ2) is 64.8. The number of nitrogens with one attached hydrogen (secondary N) is 1. The summed E-state index contributed by atoms with van der Waals surface area (Å²) < 4.78 is 22.9. The summed E-state index contributed by atoms with van der Waals surface area (Å²) in [6.45, 7) is 2.74. The molecule has 2 rings (SSSR count). The van der Waals surface area contributed by atoms with Crippen molar-refractivity contribution in [2.24, 2.45) is 0 Å². The van der Waals surface area contributed by atoms with Gasteiger partial charge in [0.05, 0.1) is 32.0 Å². The van der Waals surface area contributed by atoms with Crippen LogP contribution >= 0.6 is 0 Å². The third-order valence-corrected chi connectivity index (χ3v) is 19.1. The lowest BCUT2D eigenvalue weighted by molar-refractivity contribution is -0.359. The first-order chi connectivity index (χ1) is 46.6. The molecule has 0 spiro atoms. The van der Waals surface area contributed by atoms with Crippen LogP contribution in [0.4, 0.5) is 0 Å². The molecule has 0 aromatic carbocycles. The molecule has 1 amide bonds. The average molecular weight is 1340 g/mol. The fraction of sp³-hybridized carbons (Fsp3) is 0.840. The minimum Gasteiger partial charge on any atom is -0.394 e. The maximum Gasteiger partial charge on any atom is 0.220 e.